The zero-order chi connectivity index (χ0) is 28.8. The summed E-state index contributed by atoms with van der Waals surface area (Å²) in [4.78, 5) is 29.3. The molecule has 0 rings (SSSR count). The van der Waals surface area contributed by atoms with Crippen LogP contribution < -0.4 is 10.6 Å². The van der Waals surface area contributed by atoms with Gasteiger partial charge in [0.05, 0.1) is 0 Å². The second kappa shape index (κ2) is 23.7. The van der Waals surface area contributed by atoms with E-state index in [1.54, 1.807) is 0 Å². The molecule has 2 amide bonds. The predicted molar refractivity (Wildman–Crippen MR) is 164 cm³/mol. The topological polar surface area (TPSA) is 64.7 Å². The van der Waals surface area contributed by atoms with Crippen LogP contribution >= 0.6 is 0 Å². The van der Waals surface area contributed by atoms with Gasteiger partial charge in [0.1, 0.15) is 0 Å². The van der Waals surface area contributed by atoms with Gasteiger partial charge < -0.3 is 20.4 Å². The van der Waals surface area contributed by atoms with Gasteiger partial charge in [-0.1, -0.05) is 93.9 Å². The highest BCUT2D eigenvalue weighted by Crippen LogP contribution is 2.09. The molecule has 38 heavy (non-hydrogen) atoms. The average Bonchev–Trinajstić information content (AvgIpc) is 2.80. The number of amides is 2. The van der Waals surface area contributed by atoms with E-state index in [9.17, 15) is 9.59 Å². The molecule has 0 radical (unpaired) electrons. The largest absolute Gasteiger partial charge is 0.356 e. The maximum Gasteiger partial charge on any atom is 0.221 e. The highest BCUT2D eigenvalue weighted by Gasteiger charge is 2.12. The fraction of sp³-hybridized carbons (Fsp3) is 0.938. The summed E-state index contributed by atoms with van der Waals surface area (Å²) in [6, 6.07) is 0. The molecule has 0 heterocycles. The Labute approximate surface area is 237 Å². The van der Waals surface area contributed by atoms with Crippen LogP contribution in [-0.4, -0.2) is 74.0 Å². The molecule has 0 spiro atoms. The van der Waals surface area contributed by atoms with E-state index in [2.05, 4.69) is 75.8 Å². The zero-order valence-electron chi connectivity index (χ0n) is 26.7. The summed E-state index contributed by atoms with van der Waals surface area (Å²) in [5.74, 6) is 2.92. The summed E-state index contributed by atoms with van der Waals surface area (Å²) in [5, 5.41) is 6.22. The number of rotatable bonds is 25. The highest BCUT2D eigenvalue weighted by atomic mass is 16.2. The first-order valence-corrected chi connectivity index (χ1v) is 16.0. The molecule has 0 atom stereocenters. The number of unbranched alkanes of at least 4 members (excludes halogenated alkanes) is 7. The number of hydrogen-bond donors (Lipinski definition) is 2. The minimum atomic E-state index is 0.193. The van der Waals surface area contributed by atoms with E-state index in [1.807, 2.05) is 0 Å². The van der Waals surface area contributed by atoms with E-state index in [0.29, 0.717) is 36.5 Å². The van der Waals surface area contributed by atoms with Crippen molar-refractivity contribution in [3.8, 4) is 0 Å². The molecule has 0 aliphatic rings. The molecule has 0 aliphatic carbocycles. The van der Waals surface area contributed by atoms with Crippen molar-refractivity contribution >= 4 is 11.8 Å². The van der Waals surface area contributed by atoms with Crippen LogP contribution in [-0.2, 0) is 9.59 Å². The van der Waals surface area contributed by atoms with E-state index in [0.717, 1.165) is 65.2 Å². The standard InChI is InChI=1S/C32H66N4O2/c1-27(2)23-35(24-28(3)4)21-17-31(37)33-19-15-13-11-9-10-12-14-16-20-34-32(38)18-22-36(25-29(5)6)26-30(7)8/h27-30H,9-26H2,1-8H3,(H,33,37)(H,34,38). The lowest BCUT2D eigenvalue weighted by molar-refractivity contribution is -0.122. The van der Waals surface area contributed by atoms with Crippen LogP contribution in [0.5, 0.6) is 0 Å². The highest BCUT2D eigenvalue weighted by molar-refractivity contribution is 5.76. The quantitative estimate of drug-likeness (QED) is 0.133. The molecule has 6 heteroatoms. The molecule has 0 bridgehead atoms. The summed E-state index contributed by atoms with van der Waals surface area (Å²) in [6.45, 7) is 25.5. The van der Waals surface area contributed by atoms with Crippen LogP contribution in [0.1, 0.15) is 120 Å². The molecule has 226 valence electrons. The number of nitrogens with zero attached hydrogens (tertiary/aromatic N) is 2. The summed E-state index contributed by atoms with van der Waals surface area (Å²) < 4.78 is 0. The number of hydrogen-bond acceptors (Lipinski definition) is 4. The third-order valence-corrected chi connectivity index (χ3v) is 6.55. The lowest BCUT2D eigenvalue weighted by Crippen LogP contribution is -2.35. The Balaban J connectivity index is 3.65. The van der Waals surface area contributed by atoms with Gasteiger partial charge in [-0.3, -0.25) is 9.59 Å². The summed E-state index contributed by atoms with van der Waals surface area (Å²) in [7, 11) is 0. The molecule has 0 saturated heterocycles. The van der Waals surface area contributed by atoms with E-state index < -0.39 is 0 Å². The lowest BCUT2D eigenvalue weighted by atomic mass is 10.1. The van der Waals surface area contributed by atoms with Crippen molar-refractivity contribution in [3.63, 3.8) is 0 Å². The summed E-state index contributed by atoms with van der Waals surface area (Å²) >= 11 is 0. The van der Waals surface area contributed by atoms with Crippen LogP contribution in [0.2, 0.25) is 0 Å². The van der Waals surface area contributed by atoms with Crippen molar-refractivity contribution in [1.29, 1.82) is 0 Å². The zero-order valence-corrected chi connectivity index (χ0v) is 26.7. The van der Waals surface area contributed by atoms with Crippen LogP contribution in [0.4, 0.5) is 0 Å². The van der Waals surface area contributed by atoms with Gasteiger partial charge in [-0.2, -0.15) is 0 Å². The smallest absolute Gasteiger partial charge is 0.221 e. The molecule has 0 saturated carbocycles. The second-order valence-electron chi connectivity index (χ2n) is 13.1. The van der Waals surface area contributed by atoms with Gasteiger partial charge in [-0.15, -0.1) is 0 Å². The number of nitrogens with one attached hydrogen (secondary N) is 2. The van der Waals surface area contributed by atoms with Crippen molar-refractivity contribution in [2.24, 2.45) is 23.7 Å². The molecular weight excluding hydrogens is 472 g/mol. The van der Waals surface area contributed by atoms with Gasteiger partial charge in [-0.25, -0.2) is 0 Å². The Morgan fingerprint density at radius 2 is 0.737 bits per heavy atom. The summed E-state index contributed by atoms with van der Waals surface area (Å²) in [5.41, 5.74) is 0. The Hall–Kier alpha value is -1.14. The van der Waals surface area contributed by atoms with Crippen LogP contribution in [0.3, 0.4) is 0 Å². The van der Waals surface area contributed by atoms with Crippen molar-refractivity contribution in [2.75, 3.05) is 52.4 Å². The van der Waals surface area contributed by atoms with Crippen molar-refractivity contribution < 1.29 is 9.59 Å². The number of carbonyl (C=O) groups excluding carboxylic acids is 2. The minimum absolute atomic E-state index is 0.193. The van der Waals surface area contributed by atoms with E-state index in [1.165, 1.54) is 38.5 Å². The van der Waals surface area contributed by atoms with Crippen LogP contribution in [0.15, 0.2) is 0 Å². The van der Waals surface area contributed by atoms with Crippen LogP contribution in [0, 0.1) is 23.7 Å². The first kappa shape index (κ1) is 36.9. The normalized spacial score (nSPS) is 12.1. The molecule has 6 nitrogen and oxygen atoms in total. The van der Waals surface area contributed by atoms with Crippen molar-refractivity contribution in [1.82, 2.24) is 20.4 Å². The van der Waals surface area contributed by atoms with Gasteiger partial charge in [0.25, 0.3) is 0 Å². The van der Waals surface area contributed by atoms with E-state index in [-0.39, 0.29) is 11.8 Å². The third kappa shape index (κ3) is 25.2. The Morgan fingerprint density at radius 3 is 1.00 bits per heavy atom. The summed E-state index contributed by atoms with van der Waals surface area (Å²) in [6.07, 6.45) is 10.8. The lowest BCUT2D eigenvalue weighted by Gasteiger charge is -2.25. The van der Waals surface area contributed by atoms with Gasteiger partial charge in [0, 0.05) is 65.2 Å². The van der Waals surface area contributed by atoms with Crippen molar-refractivity contribution in [3.05, 3.63) is 0 Å². The monoisotopic (exact) mass is 539 g/mol. The van der Waals surface area contributed by atoms with Crippen LogP contribution in [0.25, 0.3) is 0 Å². The van der Waals surface area contributed by atoms with Gasteiger partial charge >= 0.3 is 0 Å². The Bertz CT molecular complexity index is 508. The molecule has 0 aromatic rings. The molecular formula is C32H66N4O2. The Kier molecular flexibility index (Phi) is 23.0. The van der Waals surface area contributed by atoms with Crippen molar-refractivity contribution in [2.45, 2.75) is 120 Å². The molecule has 0 aromatic carbocycles. The Morgan fingerprint density at radius 1 is 0.474 bits per heavy atom. The SMILES string of the molecule is CC(C)CN(CCC(=O)NCCCCCCCCCCNC(=O)CCN(CC(C)C)CC(C)C)CC(C)C. The first-order chi connectivity index (χ1) is 18.0. The van der Waals surface area contributed by atoms with Gasteiger partial charge in [0.2, 0.25) is 11.8 Å². The third-order valence-electron chi connectivity index (χ3n) is 6.55. The maximum atomic E-state index is 12.2. The molecule has 2 N–H and O–H groups in total. The molecule has 0 aliphatic heterocycles. The average molecular weight is 539 g/mol. The molecule has 0 aromatic heterocycles. The minimum Gasteiger partial charge on any atom is -0.356 e. The molecule has 0 unspecified atom stereocenters. The maximum absolute atomic E-state index is 12.2. The van der Waals surface area contributed by atoms with Gasteiger partial charge in [0.15, 0.2) is 0 Å². The van der Waals surface area contributed by atoms with E-state index >= 15 is 0 Å². The van der Waals surface area contributed by atoms with E-state index in [4.69, 9.17) is 0 Å². The fourth-order valence-corrected chi connectivity index (χ4v) is 5.04. The molecule has 0 fully saturated rings. The fourth-order valence-electron chi connectivity index (χ4n) is 5.04. The predicted octanol–water partition coefficient (Wildman–Crippen LogP) is 6.35. The number of carbonyl (C=O) groups is 2. The van der Waals surface area contributed by atoms with Gasteiger partial charge in [-0.05, 0) is 36.5 Å². The first-order valence-electron chi connectivity index (χ1n) is 16.0. The second-order valence-corrected chi connectivity index (χ2v) is 13.1.